The van der Waals surface area contributed by atoms with Gasteiger partial charge in [0, 0.05) is 22.6 Å². The zero-order valence-corrected chi connectivity index (χ0v) is 14.7. The summed E-state index contributed by atoms with van der Waals surface area (Å²) in [4.78, 5) is 4.06. The molecule has 4 nitrogen and oxygen atoms in total. The van der Waals surface area contributed by atoms with Crippen molar-refractivity contribution in [2.45, 2.75) is 35.1 Å². The smallest absolute Gasteiger partial charge is 0.206 e. The molecule has 0 saturated carbocycles. The third-order valence-electron chi connectivity index (χ3n) is 4.56. The zero-order chi connectivity index (χ0) is 16.0. The predicted molar refractivity (Wildman–Crippen MR) is 97.4 cm³/mol. The number of fused-ring (bicyclic) bond motifs is 3. The topological polar surface area (TPSA) is 76.0 Å². The molecule has 0 radical (unpaired) electrons. The van der Waals surface area contributed by atoms with E-state index in [0.717, 1.165) is 30.2 Å². The Bertz CT molecular complexity index is 981. The molecular weight excluding hydrogens is 344 g/mol. The predicted octanol–water partition coefficient (Wildman–Crippen LogP) is 3.24. The summed E-state index contributed by atoms with van der Waals surface area (Å²) in [6.45, 7) is 0. The maximum Gasteiger partial charge on any atom is 0.206 e. The van der Waals surface area contributed by atoms with Gasteiger partial charge in [-0.15, -0.1) is 12.4 Å². The molecule has 0 bridgehead atoms. The number of sulfone groups is 1. The summed E-state index contributed by atoms with van der Waals surface area (Å²) in [6, 6.07) is 14.0. The number of H-pyrrole nitrogens is 1. The van der Waals surface area contributed by atoms with Crippen molar-refractivity contribution >= 4 is 33.1 Å². The molecular formula is C18H19ClN2O2S. The minimum Gasteiger partial charge on any atom is -0.358 e. The van der Waals surface area contributed by atoms with Crippen molar-refractivity contribution in [3.63, 3.8) is 0 Å². The SMILES string of the molecule is Cl.N[C@H]1CCc2[nH]c3ccc(S(=O)(=O)c4ccccc4)cc3c2C1. The Morgan fingerprint density at radius 2 is 1.79 bits per heavy atom. The van der Waals surface area contributed by atoms with Crippen molar-refractivity contribution in [2.24, 2.45) is 5.73 Å². The molecule has 0 saturated heterocycles. The van der Waals surface area contributed by atoms with Crippen LogP contribution in [0, 0.1) is 0 Å². The molecule has 0 aliphatic heterocycles. The number of aromatic nitrogens is 1. The van der Waals surface area contributed by atoms with Crippen LogP contribution in [0.25, 0.3) is 10.9 Å². The zero-order valence-electron chi connectivity index (χ0n) is 13.0. The van der Waals surface area contributed by atoms with E-state index in [1.54, 1.807) is 36.4 Å². The molecule has 1 aromatic heterocycles. The summed E-state index contributed by atoms with van der Waals surface area (Å²) in [7, 11) is -3.49. The molecule has 0 amide bonds. The highest BCUT2D eigenvalue weighted by atomic mass is 35.5. The molecule has 0 spiro atoms. The molecule has 3 N–H and O–H groups in total. The Balaban J connectivity index is 0.00000169. The number of aryl methyl sites for hydroxylation is 1. The highest BCUT2D eigenvalue weighted by molar-refractivity contribution is 7.91. The number of hydrogen-bond acceptors (Lipinski definition) is 3. The van der Waals surface area contributed by atoms with Gasteiger partial charge in [0.1, 0.15) is 0 Å². The van der Waals surface area contributed by atoms with E-state index in [4.69, 9.17) is 5.73 Å². The minimum atomic E-state index is -3.49. The van der Waals surface area contributed by atoms with Gasteiger partial charge < -0.3 is 10.7 Å². The maximum absolute atomic E-state index is 12.8. The first-order chi connectivity index (χ1) is 11.1. The fourth-order valence-corrected chi connectivity index (χ4v) is 4.63. The van der Waals surface area contributed by atoms with E-state index < -0.39 is 9.84 Å². The van der Waals surface area contributed by atoms with Crippen LogP contribution in [0.3, 0.4) is 0 Å². The van der Waals surface area contributed by atoms with Gasteiger partial charge in [-0.3, -0.25) is 0 Å². The van der Waals surface area contributed by atoms with Crippen LogP contribution in [-0.4, -0.2) is 19.4 Å². The first kappa shape index (κ1) is 17.0. The van der Waals surface area contributed by atoms with Crippen molar-refractivity contribution in [1.29, 1.82) is 0 Å². The van der Waals surface area contributed by atoms with E-state index >= 15 is 0 Å². The summed E-state index contributed by atoms with van der Waals surface area (Å²) in [5, 5.41) is 0.979. The number of nitrogens with one attached hydrogen (secondary N) is 1. The summed E-state index contributed by atoms with van der Waals surface area (Å²) < 4.78 is 25.6. The van der Waals surface area contributed by atoms with Gasteiger partial charge in [-0.25, -0.2) is 8.42 Å². The van der Waals surface area contributed by atoms with Crippen molar-refractivity contribution in [3.05, 3.63) is 59.8 Å². The lowest BCUT2D eigenvalue weighted by Gasteiger charge is -2.18. The van der Waals surface area contributed by atoms with Crippen LogP contribution in [0.15, 0.2) is 58.3 Å². The van der Waals surface area contributed by atoms with Gasteiger partial charge in [-0.1, -0.05) is 18.2 Å². The highest BCUT2D eigenvalue weighted by Crippen LogP contribution is 2.31. The molecule has 6 heteroatoms. The molecule has 126 valence electrons. The van der Waals surface area contributed by atoms with Gasteiger partial charge in [0.25, 0.3) is 0 Å². The van der Waals surface area contributed by atoms with Crippen LogP contribution in [0.4, 0.5) is 0 Å². The second-order valence-corrected chi connectivity index (χ2v) is 8.06. The van der Waals surface area contributed by atoms with Crippen LogP contribution in [0.1, 0.15) is 17.7 Å². The van der Waals surface area contributed by atoms with Gasteiger partial charge in [-0.05, 0) is 55.2 Å². The van der Waals surface area contributed by atoms with E-state index in [9.17, 15) is 8.42 Å². The Hall–Kier alpha value is -1.82. The normalized spacial score (nSPS) is 17.3. The lowest BCUT2D eigenvalue weighted by molar-refractivity contribution is 0.574. The third-order valence-corrected chi connectivity index (χ3v) is 6.33. The van der Waals surface area contributed by atoms with Gasteiger partial charge in [0.2, 0.25) is 9.84 Å². The molecule has 4 rings (SSSR count). The van der Waals surface area contributed by atoms with E-state index in [1.807, 2.05) is 12.1 Å². The number of rotatable bonds is 2. The summed E-state index contributed by atoms with van der Waals surface area (Å²) in [5.41, 5.74) is 9.43. The number of benzene rings is 2. The second kappa shape index (κ2) is 6.24. The van der Waals surface area contributed by atoms with Crippen LogP contribution in [0.5, 0.6) is 0 Å². The van der Waals surface area contributed by atoms with Crippen molar-refractivity contribution < 1.29 is 8.42 Å². The number of aromatic amines is 1. The minimum absolute atomic E-state index is 0. The van der Waals surface area contributed by atoms with E-state index in [2.05, 4.69) is 4.98 Å². The lowest BCUT2D eigenvalue weighted by atomic mass is 9.92. The van der Waals surface area contributed by atoms with E-state index in [-0.39, 0.29) is 18.4 Å². The first-order valence-electron chi connectivity index (χ1n) is 7.75. The van der Waals surface area contributed by atoms with Crippen molar-refractivity contribution in [1.82, 2.24) is 4.98 Å². The molecule has 1 aliphatic rings. The Morgan fingerprint density at radius 1 is 1.04 bits per heavy atom. The highest BCUT2D eigenvalue weighted by Gasteiger charge is 2.23. The molecule has 2 aromatic carbocycles. The Labute approximate surface area is 147 Å². The average Bonchev–Trinajstić information content (AvgIpc) is 2.93. The first-order valence-corrected chi connectivity index (χ1v) is 9.23. The molecule has 0 fully saturated rings. The van der Waals surface area contributed by atoms with E-state index in [0.29, 0.717) is 9.79 Å². The Morgan fingerprint density at radius 3 is 2.54 bits per heavy atom. The summed E-state index contributed by atoms with van der Waals surface area (Å²) in [5.74, 6) is 0. The van der Waals surface area contributed by atoms with Crippen LogP contribution in [-0.2, 0) is 22.7 Å². The van der Waals surface area contributed by atoms with Crippen molar-refractivity contribution in [2.75, 3.05) is 0 Å². The fourth-order valence-electron chi connectivity index (χ4n) is 3.33. The summed E-state index contributed by atoms with van der Waals surface area (Å²) in [6.07, 6.45) is 2.69. The maximum atomic E-state index is 12.8. The molecule has 1 atom stereocenters. The van der Waals surface area contributed by atoms with Crippen LogP contribution >= 0.6 is 12.4 Å². The van der Waals surface area contributed by atoms with E-state index in [1.165, 1.54) is 11.3 Å². The van der Waals surface area contributed by atoms with Gasteiger partial charge >= 0.3 is 0 Å². The monoisotopic (exact) mass is 362 g/mol. The van der Waals surface area contributed by atoms with Crippen molar-refractivity contribution in [3.8, 4) is 0 Å². The third kappa shape index (κ3) is 2.73. The number of halogens is 1. The molecule has 3 aromatic rings. The second-order valence-electron chi connectivity index (χ2n) is 6.11. The molecule has 0 unspecified atom stereocenters. The van der Waals surface area contributed by atoms with Gasteiger partial charge in [0.15, 0.2) is 0 Å². The average molecular weight is 363 g/mol. The number of hydrogen-bond donors (Lipinski definition) is 2. The standard InChI is InChI=1S/C18H18N2O2S.ClH/c19-12-6-8-17-15(10-12)16-11-14(7-9-18(16)20-17)23(21,22)13-4-2-1-3-5-13;/h1-5,7,9,11-12,20H,6,8,10,19H2;1H/t12-;/m0./s1. The molecule has 1 heterocycles. The lowest BCUT2D eigenvalue weighted by Crippen LogP contribution is -2.27. The summed E-state index contributed by atoms with van der Waals surface area (Å²) >= 11 is 0. The molecule has 24 heavy (non-hydrogen) atoms. The van der Waals surface area contributed by atoms with Crippen LogP contribution in [0.2, 0.25) is 0 Å². The Kier molecular flexibility index (Phi) is 4.42. The molecule has 1 aliphatic carbocycles. The van der Waals surface area contributed by atoms with Gasteiger partial charge in [-0.2, -0.15) is 0 Å². The fraction of sp³-hybridized carbons (Fsp3) is 0.222. The van der Waals surface area contributed by atoms with Gasteiger partial charge in [0.05, 0.1) is 9.79 Å². The number of nitrogens with two attached hydrogens (primary N) is 1. The quantitative estimate of drug-likeness (QED) is 0.734. The van der Waals surface area contributed by atoms with Crippen LogP contribution < -0.4 is 5.73 Å². The largest absolute Gasteiger partial charge is 0.358 e.